The van der Waals surface area contributed by atoms with Gasteiger partial charge in [0.25, 0.3) is 0 Å². The van der Waals surface area contributed by atoms with E-state index in [-0.39, 0.29) is 0 Å². The summed E-state index contributed by atoms with van der Waals surface area (Å²) in [5, 5.41) is 3.86. The molecule has 0 aromatic heterocycles. The predicted molar refractivity (Wildman–Crippen MR) is 80.6 cm³/mol. The Morgan fingerprint density at radius 2 is 1.68 bits per heavy atom. The molecule has 0 amide bonds. The molecule has 2 rings (SSSR count). The molecule has 0 bridgehead atoms. The number of rotatable bonds is 5. The lowest BCUT2D eigenvalue weighted by molar-refractivity contribution is 0.0551. The number of ether oxygens (including phenoxy) is 1. The standard InChI is InChI=1S/C16H32N2O/c1-18(2)16(11-5-4-6-12-16)13-17-14-7-9-15(19-3)10-8-14/h14-15,17H,4-13H2,1-3H3. The van der Waals surface area contributed by atoms with Crippen molar-refractivity contribution in [3.63, 3.8) is 0 Å². The number of hydrogen-bond acceptors (Lipinski definition) is 3. The van der Waals surface area contributed by atoms with Crippen molar-refractivity contribution in [2.75, 3.05) is 27.7 Å². The minimum Gasteiger partial charge on any atom is -0.381 e. The monoisotopic (exact) mass is 268 g/mol. The Balaban J connectivity index is 1.79. The van der Waals surface area contributed by atoms with Gasteiger partial charge in [0.15, 0.2) is 0 Å². The van der Waals surface area contributed by atoms with E-state index in [1.165, 1.54) is 64.3 Å². The summed E-state index contributed by atoms with van der Waals surface area (Å²) in [6, 6.07) is 0.713. The van der Waals surface area contributed by atoms with Gasteiger partial charge in [0, 0.05) is 25.2 Å². The van der Waals surface area contributed by atoms with Crippen molar-refractivity contribution in [1.29, 1.82) is 0 Å². The van der Waals surface area contributed by atoms with Crippen molar-refractivity contribution < 1.29 is 4.74 Å². The van der Waals surface area contributed by atoms with Crippen LogP contribution in [0.4, 0.5) is 0 Å². The normalized spacial score (nSPS) is 31.6. The number of methoxy groups -OCH3 is 1. The van der Waals surface area contributed by atoms with Gasteiger partial charge in [-0.15, -0.1) is 0 Å². The van der Waals surface area contributed by atoms with E-state index in [1.54, 1.807) is 0 Å². The Hall–Kier alpha value is -0.120. The Morgan fingerprint density at radius 1 is 1.05 bits per heavy atom. The van der Waals surface area contributed by atoms with Gasteiger partial charge >= 0.3 is 0 Å². The highest BCUT2D eigenvalue weighted by Gasteiger charge is 2.34. The van der Waals surface area contributed by atoms with Gasteiger partial charge in [0.1, 0.15) is 0 Å². The van der Waals surface area contributed by atoms with Crippen LogP contribution in [0.1, 0.15) is 57.8 Å². The molecule has 0 aromatic rings. The maximum Gasteiger partial charge on any atom is 0.0572 e. The zero-order valence-electron chi connectivity index (χ0n) is 13.1. The number of nitrogens with one attached hydrogen (secondary N) is 1. The molecule has 0 atom stereocenters. The molecule has 0 saturated heterocycles. The maximum atomic E-state index is 5.46. The van der Waals surface area contributed by atoms with Crippen LogP contribution in [0.15, 0.2) is 0 Å². The van der Waals surface area contributed by atoms with Gasteiger partial charge in [-0.1, -0.05) is 19.3 Å². The summed E-state index contributed by atoms with van der Waals surface area (Å²) in [5.74, 6) is 0. The summed E-state index contributed by atoms with van der Waals surface area (Å²) in [7, 11) is 6.37. The van der Waals surface area contributed by atoms with Crippen LogP contribution in [0, 0.1) is 0 Å². The first kappa shape index (κ1) is 15.3. The smallest absolute Gasteiger partial charge is 0.0572 e. The van der Waals surface area contributed by atoms with Gasteiger partial charge in [-0.05, 0) is 52.6 Å². The summed E-state index contributed by atoms with van der Waals surface area (Å²) >= 11 is 0. The van der Waals surface area contributed by atoms with E-state index in [1.807, 2.05) is 7.11 Å². The summed E-state index contributed by atoms with van der Waals surface area (Å²) in [6.45, 7) is 1.17. The number of likely N-dealkylation sites (N-methyl/N-ethyl adjacent to an activating group) is 1. The molecular weight excluding hydrogens is 236 g/mol. The van der Waals surface area contributed by atoms with Crippen molar-refractivity contribution >= 4 is 0 Å². The van der Waals surface area contributed by atoms with E-state index >= 15 is 0 Å². The third-order valence-corrected chi connectivity index (χ3v) is 5.46. The van der Waals surface area contributed by atoms with E-state index in [0.717, 1.165) is 0 Å². The fourth-order valence-corrected chi connectivity index (χ4v) is 3.83. The molecule has 19 heavy (non-hydrogen) atoms. The Bertz CT molecular complexity index is 253. The summed E-state index contributed by atoms with van der Waals surface area (Å²) in [4.78, 5) is 2.47. The van der Waals surface area contributed by atoms with Crippen molar-refractivity contribution in [3.8, 4) is 0 Å². The molecule has 2 saturated carbocycles. The summed E-state index contributed by atoms with van der Waals surface area (Å²) < 4.78 is 5.46. The minimum absolute atomic E-state index is 0.413. The second-order valence-corrected chi connectivity index (χ2v) is 6.77. The third-order valence-electron chi connectivity index (χ3n) is 5.46. The van der Waals surface area contributed by atoms with Gasteiger partial charge in [0.05, 0.1) is 6.10 Å². The molecule has 3 heteroatoms. The number of hydrogen-bond donors (Lipinski definition) is 1. The van der Waals surface area contributed by atoms with Crippen LogP contribution in [0.3, 0.4) is 0 Å². The first-order chi connectivity index (χ1) is 9.16. The highest BCUT2D eigenvalue weighted by molar-refractivity contribution is 4.94. The molecular formula is C16H32N2O. The largest absolute Gasteiger partial charge is 0.381 e. The Labute approximate surface area is 119 Å². The molecule has 0 heterocycles. The first-order valence-corrected chi connectivity index (χ1v) is 8.10. The van der Waals surface area contributed by atoms with Crippen LogP contribution in [0.5, 0.6) is 0 Å². The van der Waals surface area contributed by atoms with Crippen LogP contribution < -0.4 is 5.32 Å². The SMILES string of the molecule is COC1CCC(NCC2(N(C)C)CCCCC2)CC1. The van der Waals surface area contributed by atoms with Crippen molar-refractivity contribution in [1.82, 2.24) is 10.2 Å². The van der Waals surface area contributed by atoms with Crippen LogP contribution >= 0.6 is 0 Å². The third kappa shape index (κ3) is 3.93. The van der Waals surface area contributed by atoms with Crippen LogP contribution in [-0.4, -0.2) is 50.3 Å². The molecule has 2 aliphatic rings. The molecule has 3 nitrogen and oxygen atoms in total. The van der Waals surface area contributed by atoms with E-state index < -0.39 is 0 Å². The molecule has 112 valence electrons. The van der Waals surface area contributed by atoms with Crippen LogP contribution in [0.25, 0.3) is 0 Å². The molecule has 0 radical (unpaired) electrons. The number of nitrogens with zero attached hydrogens (tertiary/aromatic N) is 1. The van der Waals surface area contributed by atoms with Crippen molar-refractivity contribution in [2.45, 2.75) is 75.5 Å². The van der Waals surface area contributed by atoms with Gasteiger partial charge in [-0.25, -0.2) is 0 Å². The van der Waals surface area contributed by atoms with Gasteiger partial charge in [0.2, 0.25) is 0 Å². The average Bonchev–Trinajstić information content (AvgIpc) is 2.46. The highest BCUT2D eigenvalue weighted by Crippen LogP contribution is 2.32. The maximum absolute atomic E-state index is 5.46. The quantitative estimate of drug-likeness (QED) is 0.830. The molecule has 1 N–H and O–H groups in total. The molecule has 0 spiro atoms. The van der Waals surface area contributed by atoms with E-state index in [4.69, 9.17) is 4.74 Å². The molecule has 2 aliphatic carbocycles. The zero-order chi connectivity index (χ0) is 13.7. The van der Waals surface area contributed by atoms with Crippen LogP contribution in [0.2, 0.25) is 0 Å². The van der Waals surface area contributed by atoms with Gasteiger partial charge in [-0.2, -0.15) is 0 Å². The van der Waals surface area contributed by atoms with Gasteiger partial charge in [-0.3, -0.25) is 0 Å². The lowest BCUT2D eigenvalue weighted by Crippen LogP contribution is -2.54. The Kier molecular flexibility index (Phi) is 5.67. The second-order valence-electron chi connectivity index (χ2n) is 6.77. The molecule has 2 fully saturated rings. The van der Waals surface area contributed by atoms with Crippen molar-refractivity contribution in [3.05, 3.63) is 0 Å². The second kappa shape index (κ2) is 7.05. The Morgan fingerprint density at radius 3 is 2.21 bits per heavy atom. The van der Waals surface area contributed by atoms with E-state index in [9.17, 15) is 0 Å². The lowest BCUT2D eigenvalue weighted by Gasteiger charge is -2.44. The van der Waals surface area contributed by atoms with E-state index in [0.29, 0.717) is 17.7 Å². The van der Waals surface area contributed by atoms with Crippen LogP contribution in [-0.2, 0) is 4.74 Å². The van der Waals surface area contributed by atoms with Gasteiger partial charge < -0.3 is 15.0 Å². The highest BCUT2D eigenvalue weighted by atomic mass is 16.5. The first-order valence-electron chi connectivity index (χ1n) is 8.10. The fraction of sp³-hybridized carbons (Fsp3) is 1.00. The fourth-order valence-electron chi connectivity index (χ4n) is 3.83. The average molecular weight is 268 g/mol. The summed E-state index contributed by atoms with van der Waals surface area (Å²) in [6.07, 6.45) is 12.5. The molecule has 0 unspecified atom stereocenters. The summed E-state index contributed by atoms with van der Waals surface area (Å²) in [5.41, 5.74) is 0.413. The topological polar surface area (TPSA) is 24.5 Å². The minimum atomic E-state index is 0.413. The molecule has 0 aromatic carbocycles. The van der Waals surface area contributed by atoms with E-state index in [2.05, 4.69) is 24.3 Å². The van der Waals surface area contributed by atoms with Crippen molar-refractivity contribution in [2.24, 2.45) is 0 Å². The lowest BCUT2D eigenvalue weighted by atomic mass is 9.80. The molecule has 0 aliphatic heterocycles. The zero-order valence-corrected chi connectivity index (χ0v) is 13.1. The predicted octanol–water partition coefficient (Wildman–Crippen LogP) is 2.80.